The number of halogens is 3. The first-order chi connectivity index (χ1) is 8.56. The van der Waals surface area contributed by atoms with Crippen LogP contribution in [-0.2, 0) is 9.53 Å². The summed E-state index contributed by atoms with van der Waals surface area (Å²) < 4.78 is 44.9. The molecule has 1 aromatic rings. The summed E-state index contributed by atoms with van der Waals surface area (Å²) in [6.07, 6.45) is 0. The van der Waals surface area contributed by atoms with E-state index in [9.17, 15) is 18.0 Å². The lowest BCUT2D eigenvalue weighted by molar-refractivity contribution is -0.127. The normalized spacial score (nSPS) is 22.6. The van der Waals surface area contributed by atoms with Gasteiger partial charge in [-0.3, -0.25) is 4.79 Å². The van der Waals surface area contributed by atoms with Crippen molar-refractivity contribution in [3.05, 3.63) is 35.1 Å². The van der Waals surface area contributed by atoms with Crippen LogP contribution in [0.4, 0.5) is 13.2 Å². The second-order valence-corrected chi connectivity index (χ2v) is 4.81. The number of nitrogens with one attached hydrogen (secondary N) is 1. The Bertz CT molecular complexity index is 484. The highest BCUT2D eigenvalue weighted by molar-refractivity contribution is 8.00. The first-order valence-corrected chi connectivity index (χ1v) is 6.15. The number of hydrogen-bond acceptors (Lipinski definition) is 3. The Morgan fingerprint density at radius 3 is 2.61 bits per heavy atom. The van der Waals surface area contributed by atoms with Gasteiger partial charge in [-0.2, -0.15) is 0 Å². The van der Waals surface area contributed by atoms with Gasteiger partial charge in [0, 0.05) is 7.11 Å². The minimum atomic E-state index is -1.26. The van der Waals surface area contributed by atoms with Gasteiger partial charge in [-0.25, -0.2) is 13.2 Å². The van der Waals surface area contributed by atoms with E-state index in [4.69, 9.17) is 4.74 Å². The van der Waals surface area contributed by atoms with Crippen molar-refractivity contribution in [2.45, 2.75) is 11.3 Å². The topological polar surface area (TPSA) is 38.3 Å². The van der Waals surface area contributed by atoms with Gasteiger partial charge in [0.1, 0.15) is 11.1 Å². The quantitative estimate of drug-likeness (QED) is 0.519. The van der Waals surface area contributed by atoms with Crippen molar-refractivity contribution in [3.8, 4) is 0 Å². The highest BCUT2D eigenvalue weighted by Crippen LogP contribution is 2.36. The minimum Gasteiger partial charge on any atom is -0.374 e. The lowest BCUT2D eigenvalue weighted by atomic mass is 9.95. The van der Waals surface area contributed by atoms with E-state index >= 15 is 0 Å². The van der Waals surface area contributed by atoms with Crippen LogP contribution < -0.4 is 5.32 Å². The molecule has 0 aromatic heterocycles. The Hall–Kier alpha value is -1.21. The van der Waals surface area contributed by atoms with E-state index < -0.39 is 34.3 Å². The minimum absolute atomic E-state index is 0.215. The lowest BCUT2D eigenvalue weighted by Gasteiger charge is -2.36. The molecule has 1 heterocycles. The number of ether oxygens (including phenoxy) is 1. The fourth-order valence-electron chi connectivity index (χ4n) is 1.73. The van der Waals surface area contributed by atoms with E-state index in [2.05, 4.69) is 5.32 Å². The van der Waals surface area contributed by atoms with Crippen molar-refractivity contribution < 1.29 is 22.7 Å². The van der Waals surface area contributed by atoms with Crippen molar-refractivity contribution in [1.29, 1.82) is 0 Å². The maximum atomic E-state index is 13.5. The van der Waals surface area contributed by atoms with E-state index in [0.29, 0.717) is 6.07 Å². The van der Waals surface area contributed by atoms with Crippen molar-refractivity contribution in [2.75, 3.05) is 13.0 Å². The number of methoxy groups -OCH3 is 1. The van der Waals surface area contributed by atoms with Crippen LogP contribution in [-0.4, -0.2) is 24.2 Å². The summed E-state index contributed by atoms with van der Waals surface area (Å²) in [4.78, 5) is 11.3. The summed E-state index contributed by atoms with van der Waals surface area (Å²) in [5.74, 6) is -3.40. The summed E-state index contributed by atoms with van der Waals surface area (Å²) in [5.41, 5.74) is -0.441. The molecule has 1 saturated heterocycles. The number of rotatable bonds is 4. The molecule has 0 saturated carbocycles. The summed E-state index contributed by atoms with van der Waals surface area (Å²) in [6.45, 7) is 0. The van der Waals surface area contributed by atoms with Gasteiger partial charge in [-0.15, -0.1) is 11.8 Å². The van der Waals surface area contributed by atoms with Crippen molar-refractivity contribution >= 4 is 17.7 Å². The zero-order valence-electron chi connectivity index (χ0n) is 9.38. The molecular formula is C11H10F3NO2S. The third kappa shape index (κ3) is 2.20. The molecule has 2 rings (SSSR count). The molecule has 2 atom stereocenters. The number of benzene rings is 1. The van der Waals surface area contributed by atoms with E-state index in [1.165, 1.54) is 7.11 Å². The molecule has 1 aliphatic heterocycles. The van der Waals surface area contributed by atoms with Gasteiger partial charge in [0.15, 0.2) is 11.6 Å². The van der Waals surface area contributed by atoms with Crippen molar-refractivity contribution in [1.82, 2.24) is 5.32 Å². The zero-order valence-corrected chi connectivity index (χ0v) is 10.2. The Morgan fingerprint density at radius 2 is 2.00 bits per heavy atom. The molecule has 0 radical (unpaired) electrons. The summed E-state index contributed by atoms with van der Waals surface area (Å²) in [7, 11) is 1.45. The maximum Gasteiger partial charge on any atom is 0.236 e. The standard InChI is InChI=1S/C11H10F3NO2S/c1-17-4-18-10-9(15-11(10)16)7-5(12)2-3-6(13)8(7)14/h2-3,9-10H,4H2,1H3,(H,15,16). The lowest BCUT2D eigenvalue weighted by Crippen LogP contribution is -2.54. The van der Waals surface area contributed by atoms with Crippen LogP contribution in [0.15, 0.2) is 12.1 Å². The van der Waals surface area contributed by atoms with Crippen molar-refractivity contribution in [3.63, 3.8) is 0 Å². The van der Waals surface area contributed by atoms with Gasteiger partial charge in [0.25, 0.3) is 0 Å². The van der Waals surface area contributed by atoms with Gasteiger partial charge in [0.2, 0.25) is 5.91 Å². The second kappa shape index (κ2) is 5.19. The molecule has 1 N–H and O–H groups in total. The fraction of sp³-hybridized carbons (Fsp3) is 0.364. The van der Waals surface area contributed by atoms with Crippen LogP contribution >= 0.6 is 11.8 Å². The van der Waals surface area contributed by atoms with Crippen molar-refractivity contribution in [2.24, 2.45) is 0 Å². The molecule has 2 unspecified atom stereocenters. The Balaban J connectivity index is 2.27. The predicted octanol–water partition coefficient (Wildman–Crippen LogP) is 1.98. The van der Waals surface area contributed by atoms with E-state index in [0.717, 1.165) is 17.8 Å². The molecule has 1 amide bonds. The maximum absolute atomic E-state index is 13.5. The predicted molar refractivity (Wildman–Crippen MR) is 60.5 cm³/mol. The molecular weight excluding hydrogens is 267 g/mol. The van der Waals surface area contributed by atoms with Crippen LogP contribution in [0.3, 0.4) is 0 Å². The highest BCUT2D eigenvalue weighted by Gasteiger charge is 2.43. The molecule has 1 aromatic carbocycles. The number of carbonyl (C=O) groups is 1. The first-order valence-electron chi connectivity index (χ1n) is 5.10. The summed E-state index contributed by atoms with van der Waals surface area (Å²) >= 11 is 1.11. The largest absolute Gasteiger partial charge is 0.374 e. The second-order valence-electron chi connectivity index (χ2n) is 3.74. The van der Waals surface area contributed by atoms with Gasteiger partial charge >= 0.3 is 0 Å². The SMILES string of the molecule is COCSC1C(=O)NC1c1c(F)ccc(F)c1F. The third-order valence-electron chi connectivity index (χ3n) is 2.61. The number of carbonyl (C=O) groups excluding carboxylic acids is 1. The van der Waals surface area contributed by atoms with Gasteiger partial charge in [-0.05, 0) is 12.1 Å². The highest BCUT2D eigenvalue weighted by atomic mass is 32.2. The zero-order chi connectivity index (χ0) is 13.3. The summed E-state index contributed by atoms with van der Waals surface area (Å²) in [6, 6.07) is 0.690. The molecule has 1 aliphatic rings. The molecule has 98 valence electrons. The van der Waals surface area contributed by atoms with Gasteiger partial charge < -0.3 is 10.1 Å². The molecule has 7 heteroatoms. The molecule has 3 nitrogen and oxygen atoms in total. The van der Waals surface area contributed by atoms with Crippen LogP contribution in [0.5, 0.6) is 0 Å². The van der Waals surface area contributed by atoms with E-state index in [1.807, 2.05) is 0 Å². The molecule has 18 heavy (non-hydrogen) atoms. The monoisotopic (exact) mass is 277 g/mol. The Labute approximate surface area is 106 Å². The third-order valence-corrected chi connectivity index (χ3v) is 3.83. The fourth-order valence-corrected chi connectivity index (χ4v) is 2.63. The number of hydrogen-bond donors (Lipinski definition) is 1. The first kappa shape index (κ1) is 13.2. The average Bonchev–Trinajstić information content (AvgIpc) is 2.33. The summed E-state index contributed by atoms with van der Waals surface area (Å²) in [5, 5.41) is 1.69. The molecule has 0 bridgehead atoms. The van der Waals surface area contributed by atoms with Crippen LogP contribution in [0.25, 0.3) is 0 Å². The number of amides is 1. The van der Waals surface area contributed by atoms with Crippen LogP contribution in [0.1, 0.15) is 11.6 Å². The van der Waals surface area contributed by atoms with E-state index in [1.54, 1.807) is 0 Å². The molecule has 1 fully saturated rings. The number of β-lactam (4-membered cyclic amide) rings is 1. The molecule has 0 aliphatic carbocycles. The number of thioether (sulfide) groups is 1. The van der Waals surface area contributed by atoms with Gasteiger partial charge in [-0.1, -0.05) is 0 Å². The Morgan fingerprint density at radius 1 is 1.33 bits per heavy atom. The van der Waals surface area contributed by atoms with Crippen LogP contribution in [0.2, 0.25) is 0 Å². The molecule has 0 spiro atoms. The van der Waals surface area contributed by atoms with E-state index in [-0.39, 0.29) is 11.8 Å². The smallest absolute Gasteiger partial charge is 0.236 e. The van der Waals surface area contributed by atoms with Gasteiger partial charge in [0.05, 0.1) is 17.5 Å². The Kier molecular flexibility index (Phi) is 3.82. The van der Waals surface area contributed by atoms with Crippen LogP contribution in [0, 0.1) is 17.5 Å². The average molecular weight is 277 g/mol.